The molecular formula is C5H8F4. The Morgan fingerprint density at radius 1 is 1.33 bits per heavy atom. The zero-order valence-electron chi connectivity index (χ0n) is 5.00. The Hall–Kier alpha value is -0.280. The Labute approximate surface area is 50.9 Å². The lowest BCUT2D eigenvalue weighted by Crippen LogP contribution is -2.14. The fourth-order valence-electron chi connectivity index (χ4n) is 0.395. The summed E-state index contributed by atoms with van der Waals surface area (Å²) in [5, 5.41) is 0. The van der Waals surface area contributed by atoms with E-state index in [0.717, 1.165) is 0 Å². The second kappa shape index (κ2) is 3.03. The summed E-state index contributed by atoms with van der Waals surface area (Å²) in [7, 11) is 0. The van der Waals surface area contributed by atoms with Gasteiger partial charge in [-0.1, -0.05) is 6.92 Å². The van der Waals surface area contributed by atoms with Crippen LogP contribution in [0.15, 0.2) is 0 Å². The largest absolute Gasteiger partial charge is 0.391 e. The van der Waals surface area contributed by atoms with E-state index in [9.17, 15) is 17.6 Å². The molecule has 0 aliphatic heterocycles. The highest BCUT2D eigenvalue weighted by atomic mass is 19.4. The number of halogens is 4. The second-order valence-corrected chi connectivity index (χ2v) is 1.82. The molecule has 0 aliphatic carbocycles. The molecule has 0 aromatic rings. The highest BCUT2D eigenvalue weighted by molar-refractivity contribution is 4.59. The molecule has 0 aliphatic rings. The standard InChI is InChI=1S/C5H8F4/c1-2-4(6)3-5(7,8)9/h4H,2-3H2,1H3. The number of rotatable bonds is 2. The first-order chi connectivity index (χ1) is 3.95. The highest BCUT2D eigenvalue weighted by Crippen LogP contribution is 2.23. The zero-order chi connectivity index (χ0) is 7.49. The van der Waals surface area contributed by atoms with Crippen molar-refractivity contribution in [3.8, 4) is 0 Å². The predicted molar refractivity (Wildman–Crippen MR) is 25.9 cm³/mol. The maximum atomic E-state index is 11.9. The second-order valence-electron chi connectivity index (χ2n) is 1.82. The first kappa shape index (κ1) is 8.72. The van der Waals surface area contributed by atoms with Crippen molar-refractivity contribution in [1.29, 1.82) is 0 Å². The van der Waals surface area contributed by atoms with E-state index in [-0.39, 0.29) is 6.42 Å². The third-order valence-corrected chi connectivity index (χ3v) is 0.896. The molecule has 1 unspecified atom stereocenters. The van der Waals surface area contributed by atoms with Gasteiger partial charge < -0.3 is 0 Å². The van der Waals surface area contributed by atoms with Crippen LogP contribution >= 0.6 is 0 Å². The first-order valence-corrected chi connectivity index (χ1v) is 2.66. The van der Waals surface area contributed by atoms with E-state index in [2.05, 4.69) is 0 Å². The van der Waals surface area contributed by atoms with E-state index in [1.165, 1.54) is 6.92 Å². The summed E-state index contributed by atoms with van der Waals surface area (Å²) in [6.45, 7) is 1.39. The van der Waals surface area contributed by atoms with Gasteiger partial charge in [0.05, 0.1) is 6.42 Å². The van der Waals surface area contributed by atoms with Gasteiger partial charge in [0, 0.05) is 0 Å². The van der Waals surface area contributed by atoms with Crippen LogP contribution in [0.2, 0.25) is 0 Å². The van der Waals surface area contributed by atoms with Crippen LogP contribution in [-0.4, -0.2) is 12.3 Å². The lowest BCUT2D eigenvalue weighted by molar-refractivity contribution is -0.146. The van der Waals surface area contributed by atoms with Gasteiger partial charge in [-0.25, -0.2) is 4.39 Å². The Kier molecular flexibility index (Phi) is 2.94. The Morgan fingerprint density at radius 3 is 1.89 bits per heavy atom. The third kappa shape index (κ3) is 5.59. The minimum absolute atomic E-state index is 0.0699. The van der Waals surface area contributed by atoms with Crippen LogP contribution in [0.4, 0.5) is 17.6 Å². The molecule has 0 heterocycles. The molecule has 0 amide bonds. The Morgan fingerprint density at radius 2 is 1.78 bits per heavy atom. The monoisotopic (exact) mass is 144 g/mol. The minimum atomic E-state index is -4.35. The van der Waals surface area contributed by atoms with Crippen molar-refractivity contribution in [3.63, 3.8) is 0 Å². The van der Waals surface area contributed by atoms with Crippen molar-refractivity contribution >= 4 is 0 Å². The molecule has 0 saturated heterocycles. The smallest absolute Gasteiger partial charge is 0.247 e. The van der Waals surface area contributed by atoms with Gasteiger partial charge in [0.15, 0.2) is 0 Å². The van der Waals surface area contributed by atoms with Crippen molar-refractivity contribution in [2.24, 2.45) is 0 Å². The third-order valence-electron chi connectivity index (χ3n) is 0.896. The zero-order valence-corrected chi connectivity index (χ0v) is 5.00. The quantitative estimate of drug-likeness (QED) is 0.522. The van der Waals surface area contributed by atoms with Gasteiger partial charge in [0.1, 0.15) is 6.17 Å². The normalized spacial score (nSPS) is 15.7. The van der Waals surface area contributed by atoms with Gasteiger partial charge in [-0.05, 0) is 6.42 Å². The lowest BCUT2D eigenvalue weighted by Gasteiger charge is -2.07. The maximum absolute atomic E-state index is 11.9. The van der Waals surface area contributed by atoms with Crippen LogP contribution in [0, 0.1) is 0 Å². The average molecular weight is 144 g/mol. The number of hydrogen-bond donors (Lipinski definition) is 0. The van der Waals surface area contributed by atoms with E-state index in [4.69, 9.17) is 0 Å². The van der Waals surface area contributed by atoms with E-state index in [1.807, 2.05) is 0 Å². The first-order valence-electron chi connectivity index (χ1n) is 2.66. The highest BCUT2D eigenvalue weighted by Gasteiger charge is 2.30. The molecule has 0 aromatic carbocycles. The average Bonchev–Trinajstić information content (AvgIpc) is 1.62. The van der Waals surface area contributed by atoms with E-state index >= 15 is 0 Å². The molecule has 0 spiro atoms. The molecular weight excluding hydrogens is 136 g/mol. The summed E-state index contributed by atoms with van der Waals surface area (Å²) in [6.07, 6.45) is -7.47. The van der Waals surface area contributed by atoms with Crippen molar-refractivity contribution in [2.75, 3.05) is 0 Å². The van der Waals surface area contributed by atoms with Gasteiger partial charge in [-0.3, -0.25) is 0 Å². The molecule has 0 radical (unpaired) electrons. The number of hydrogen-bond acceptors (Lipinski definition) is 0. The van der Waals surface area contributed by atoms with E-state index in [1.54, 1.807) is 0 Å². The molecule has 0 saturated carbocycles. The summed E-state index contributed by atoms with van der Waals surface area (Å²) >= 11 is 0. The molecule has 9 heavy (non-hydrogen) atoms. The van der Waals surface area contributed by atoms with Gasteiger partial charge >= 0.3 is 6.18 Å². The van der Waals surface area contributed by atoms with Crippen molar-refractivity contribution in [3.05, 3.63) is 0 Å². The molecule has 0 aromatic heterocycles. The van der Waals surface area contributed by atoms with Gasteiger partial charge in [0.25, 0.3) is 0 Å². The van der Waals surface area contributed by atoms with Gasteiger partial charge in [0.2, 0.25) is 0 Å². The van der Waals surface area contributed by atoms with Gasteiger partial charge in [-0.15, -0.1) is 0 Å². The lowest BCUT2D eigenvalue weighted by atomic mass is 10.2. The summed E-state index contributed by atoms with van der Waals surface area (Å²) in [6, 6.07) is 0. The van der Waals surface area contributed by atoms with Gasteiger partial charge in [-0.2, -0.15) is 13.2 Å². The Balaban J connectivity index is 3.47. The number of alkyl halides is 4. The van der Waals surface area contributed by atoms with E-state index in [0.29, 0.717) is 0 Å². The summed E-state index contributed by atoms with van der Waals surface area (Å²) in [5.41, 5.74) is 0. The molecule has 4 heteroatoms. The minimum Gasteiger partial charge on any atom is -0.247 e. The molecule has 0 fully saturated rings. The molecule has 0 N–H and O–H groups in total. The molecule has 0 nitrogen and oxygen atoms in total. The fraction of sp³-hybridized carbons (Fsp3) is 1.00. The summed E-state index contributed by atoms with van der Waals surface area (Å²) in [4.78, 5) is 0. The topological polar surface area (TPSA) is 0 Å². The predicted octanol–water partition coefficient (Wildman–Crippen LogP) is 2.69. The molecule has 0 rings (SSSR count). The van der Waals surface area contributed by atoms with Crippen LogP contribution in [0.1, 0.15) is 19.8 Å². The molecule has 0 bridgehead atoms. The summed E-state index contributed by atoms with van der Waals surface area (Å²) in [5.74, 6) is 0. The van der Waals surface area contributed by atoms with Crippen LogP contribution in [0.3, 0.4) is 0 Å². The van der Waals surface area contributed by atoms with E-state index < -0.39 is 18.8 Å². The van der Waals surface area contributed by atoms with Crippen molar-refractivity contribution in [2.45, 2.75) is 32.1 Å². The molecule has 56 valence electrons. The fourth-order valence-corrected chi connectivity index (χ4v) is 0.395. The van der Waals surface area contributed by atoms with Crippen LogP contribution in [0.25, 0.3) is 0 Å². The SMILES string of the molecule is CCC(F)CC(F)(F)F. The molecule has 1 atom stereocenters. The van der Waals surface area contributed by atoms with Crippen molar-refractivity contribution < 1.29 is 17.6 Å². The van der Waals surface area contributed by atoms with Crippen LogP contribution in [-0.2, 0) is 0 Å². The Bertz CT molecular complexity index is 75.5. The maximum Gasteiger partial charge on any atom is 0.391 e. The van der Waals surface area contributed by atoms with Crippen LogP contribution in [0.5, 0.6) is 0 Å². The van der Waals surface area contributed by atoms with Crippen molar-refractivity contribution in [1.82, 2.24) is 0 Å². The summed E-state index contributed by atoms with van der Waals surface area (Å²) < 4.78 is 45.7. The van der Waals surface area contributed by atoms with Crippen LogP contribution < -0.4 is 0 Å².